The maximum atomic E-state index is 3.31. The molecular weight excluding hydrogens is 146 g/mol. The molecule has 0 fully saturated rings. The van der Waals surface area contributed by atoms with Crippen LogP contribution in [0.4, 0.5) is 0 Å². The van der Waals surface area contributed by atoms with Crippen LogP contribution >= 0.6 is 0 Å². The Kier molecular flexibility index (Phi) is 7.58. The van der Waals surface area contributed by atoms with E-state index in [1.165, 1.54) is 32.1 Å². The van der Waals surface area contributed by atoms with Crippen LogP contribution in [0, 0.1) is 5.92 Å². The molecule has 0 aliphatic carbocycles. The van der Waals surface area contributed by atoms with E-state index in [0.717, 1.165) is 5.92 Å². The molecule has 0 aromatic rings. The maximum absolute atomic E-state index is 3.31. The second kappa shape index (κ2) is 7.60. The van der Waals surface area contributed by atoms with Crippen molar-refractivity contribution in [3.8, 4) is 0 Å². The Hall–Kier alpha value is -0.0400. The molecule has 12 heavy (non-hydrogen) atoms. The van der Waals surface area contributed by atoms with Gasteiger partial charge in [-0.25, -0.2) is 0 Å². The standard InChI is InChI=1S/C11H25N/c1-5-6-7-8-9-10(2)11(3)12-4/h10-12H,5-9H2,1-4H3. The number of rotatable bonds is 7. The van der Waals surface area contributed by atoms with Crippen LogP contribution in [0.2, 0.25) is 0 Å². The van der Waals surface area contributed by atoms with Crippen LogP contribution in [-0.2, 0) is 0 Å². The van der Waals surface area contributed by atoms with Gasteiger partial charge in [0.05, 0.1) is 0 Å². The fourth-order valence-electron chi connectivity index (χ4n) is 1.43. The van der Waals surface area contributed by atoms with E-state index in [0.29, 0.717) is 6.04 Å². The van der Waals surface area contributed by atoms with Crippen molar-refractivity contribution >= 4 is 0 Å². The van der Waals surface area contributed by atoms with E-state index < -0.39 is 0 Å². The third-order valence-electron chi connectivity index (χ3n) is 2.82. The van der Waals surface area contributed by atoms with Gasteiger partial charge in [0.1, 0.15) is 0 Å². The Labute approximate surface area is 77.9 Å². The summed E-state index contributed by atoms with van der Waals surface area (Å²) in [5.74, 6) is 0.826. The Morgan fingerprint density at radius 2 is 1.75 bits per heavy atom. The Morgan fingerprint density at radius 1 is 1.08 bits per heavy atom. The first-order valence-corrected chi connectivity index (χ1v) is 5.39. The van der Waals surface area contributed by atoms with Gasteiger partial charge in [0.2, 0.25) is 0 Å². The highest BCUT2D eigenvalue weighted by Crippen LogP contribution is 2.13. The summed E-state index contributed by atoms with van der Waals surface area (Å²) in [6, 6.07) is 0.673. The molecule has 74 valence electrons. The van der Waals surface area contributed by atoms with Crippen molar-refractivity contribution in [2.75, 3.05) is 7.05 Å². The van der Waals surface area contributed by atoms with Crippen molar-refractivity contribution in [3.05, 3.63) is 0 Å². The molecular formula is C11H25N. The van der Waals surface area contributed by atoms with Gasteiger partial charge in [-0.3, -0.25) is 0 Å². The lowest BCUT2D eigenvalue weighted by Crippen LogP contribution is -2.28. The molecule has 0 amide bonds. The van der Waals surface area contributed by atoms with E-state index in [1.54, 1.807) is 0 Å². The van der Waals surface area contributed by atoms with E-state index in [4.69, 9.17) is 0 Å². The zero-order chi connectivity index (χ0) is 9.40. The summed E-state index contributed by atoms with van der Waals surface area (Å²) in [6.07, 6.45) is 6.94. The minimum Gasteiger partial charge on any atom is -0.317 e. The first-order valence-electron chi connectivity index (χ1n) is 5.39. The molecule has 0 rings (SSSR count). The molecule has 0 bridgehead atoms. The molecule has 0 saturated carbocycles. The lowest BCUT2D eigenvalue weighted by atomic mass is 9.96. The number of nitrogens with one attached hydrogen (secondary N) is 1. The fraction of sp³-hybridized carbons (Fsp3) is 1.00. The van der Waals surface area contributed by atoms with Gasteiger partial charge in [0, 0.05) is 6.04 Å². The zero-order valence-corrected chi connectivity index (χ0v) is 9.19. The topological polar surface area (TPSA) is 12.0 Å². The Bertz CT molecular complexity index is 91.0. The summed E-state index contributed by atoms with van der Waals surface area (Å²) in [4.78, 5) is 0. The highest BCUT2D eigenvalue weighted by atomic mass is 14.9. The molecule has 1 N–H and O–H groups in total. The van der Waals surface area contributed by atoms with Crippen LogP contribution < -0.4 is 5.32 Å². The van der Waals surface area contributed by atoms with Crippen LogP contribution in [0.5, 0.6) is 0 Å². The first-order chi connectivity index (χ1) is 5.72. The molecule has 0 heterocycles. The average Bonchev–Trinajstić information content (AvgIpc) is 2.10. The maximum Gasteiger partial charge on any atom is 0.00613 e. The summed E-state index contributed by atoms with van der Waals surface area (Å²) in [5, 5.41) is 3.31. The summed E-state index contributed by atoms with van der Waals surface area (Å²) in [5.41, 5.74) is 0. The molecule has 0 saturated heterocycles. The van der Waals surface area contributed by atoms with Crippen LogP contribution in [0.3, 0.4) is 0 Å². The lowest BCUT2D eigenvalue weighted by molar-refractivity contribution is 0.385. The number of hydrogen-bond donors (Lipinski definition) is 1. The van der Waals surface area contributed by atoms with Crippen molar-refractivity contribution in [1.29, 1.82) is 0 Å². The van der Waals surface area contributed by atoms with Gasteiger partial charge < -0.3 is 5.32 Å². The Morgan fingerprint density at radius 3 is 2.25 bits per heavy atom. The van der Waals surface area contributed by atoms with Crippen molar-refractivity contribution in [2.24, 2.45) is 5.92 Å². The predicted molar refractivity (Wildman–Crippen MR) is 56.4 cm³/mol. The molecule has 0 aromatic heterocycles. The third-order valence-corrected chi connectivity index (χ3v) is 2.82. The molecule has 2 unspecified atom stereocenters. The van der Waals surface area contributed by atoms with Gasteiger partial charge in [0.25, 0.3) is 0 Å². The van der Waals surface area contributed by atoms with Crippen LogP contribution in [0.15, 0.2) is 0 Å². The van der Waals surface area contributed by atoms with Crippen molar-refractivity contribution < 1.29 is 0 Å². The quantitative estimate of drug-likeness (QED) is 0.580. The summed E-state index contributed by atoms with van der Waals surface area (Å²) < 4.78 is 0. The molecule has 1 heteroatoms. The summed E-state index contributed by atoms with van der Waals surface area (Å²) >= 11 is 0. The second-order valence-corrected chi connectivity index (χ2v) is 3.90. The monoisotopic (exact) mass is 171 g/mol. The SMILES string of the molecule is CCCCCCC(C)C(C)NC. The van der Waals surface area contributed by atoms with Crippen molar-refractivity contribution in [3.63, 3.8) is 0 Å². The number of hydrogen-bond acceptors (Lipinski definition) is 1. The minimum absolute atomic E-state index is 0.673. The van der Waals surface area contributed by atoms with Gasteiger partial charge in [0.15, 0.2) is 0 Å². The van der Waals surface area contributed by atoms with Gasteiger partial charge in [-0.2, -0.15) is 0 Å². The van der Waals surface area contributed by atoms with Crippen LogP contribution in [-0.4, -0.2) is 13.1 Å². The van der Waals surface area contributed by atoms with Crippen LogP contribution in [0.25, 0.3) is 0 Å². The molecule has 0 aromatic carbocycles. The molecule has 0 radical (unpaired) electrons. The molecule has 2 atom stereocenters. The van der Waals surface area contributed by atoms with Crippen LogP contribution in [0.1, 0.15) is 52.9 Å². The summed E-state index contributed by atoms with van der Waals surface area (Å²) in [7, 11) is 2.05. The summed E-state index contributed by atoms with van der Waals surface area (Å²) in [6.45, 7) is 6.87. The lowest BCUT2D eigenvalue weighted by Gasteiger charge is -2.18. The largest absolute Gasteiger partial charge is 0.317 e. The predicted octanol–water partition coefficient (Wildman–Crippen LogP) is 3.20. The highest BCUT2D eigenvalue weighted by molar-refractivity contribution is 4.65. The first kappa shape index (κ1) is 12.0. The third kappa shape index (κ3) is 5.59. The number of unbranched alkanes of at least 4 members (excludes halogenated alkanes) is 3. The van der Waals surface area contributed by atoms with Gasteiger partial charge in [-0.1, -0.05) is 39.5 Å². The highest BCUT2D eigenvalue weighted by Gasteiger charge is 2.08. The average molecular weight is 171 g/mol. The zero-order valence-electron chi connectivity index (χ0n) is 9.19. The smallest absolute Gasteiger partial charge is 0.00613 e. The van der Waals surface area contributed by atoms with Gasteiger partial charge >= 0.3 is 0 Å². The molecule has 1 nitrogen and oxygen atoms in total. The van der Waals surface area contributed by atoms with Gasteiger partial charge in [-0.05, 0) is 26.3 Å². The molecule has 0 aliphatic rings. The molecule has 0 aliphatic heterocycles. The van der Waals surface area contributed by atoms with Gasteiger partial charge in [-0.15, -0.1) is 0 Å². The van der Waals surface area contributed by atoms with E-state index in [1.807, 2.05) is 7.05 Å². The minimum atomic E-state index is 0.673. The van der Waals surface area contributed by atoms with Crippen molar-refractivity contribution in [2.45, 2.75) is 58.9 Å². The van der Waals surface area contributed by atoms with E-state index in [2.05, 4.69) is 26.1 Å². The fourth-order valence-corrected chi connectivity index (χ4v) is 1.43. The normalized spacial score (nSPS) is 16.0. The van der Waals surface area contributed by atoms with Crippen molar-refractivity contribution in [1.82, 2.24) is 5.32 Å². The van der Waals surface area contributed by atoms with E-state index in [9.17, 15) is 0 Å². The molecule has 0 spiro atoms. The Balaban J connectivity index is 3.24. The van der Waals surface area contributed by atoms with E-state index in [-0.39, 0.29) is 0 Å². The van der Waals surface area contributed by atoms with E-state index >= 15 is 0 Å². The second-order valence-electron chi connectivity index (χ2n) is 3.90.